The maximum Gasteiger partial charge on any atom is 0.419 e. The van der Waals surface area contributed by atoms with Gasteiger partial charge in [0, 0.05) is 44.7 Å². The van der Waals surface area contributed by atoms with Crippen molar-refractivity contribution in [1.82, 2.24) is 14.9 Å². The van der Waals surface area contributed by atoms with E-state index in [0.29, 0.717) is 51.6 Å². The Kier molecular flexibility index (Phi) is 6.94. The molecular weight excluding hydrogens is 453 g/mol. The summed E-state index contributed by atoms with van der Waals surface area (Å²) in [4.78, 5) is 25.4. The number of rotatable bonds is 5. The molecule has 1 unspecified atom stereocenters. The minimum atomic E-state index is -4.62. The molecule has 2 aliphatic heterocycles. The van der Waals surface area contributed by atoms with Gasteiger partial charge in [-0.3, -0.25) is 4.79 Å². The highest BCUT2D eigenvalue weighted by Gasteiger charge is 2.44. The predicted molar refractivity (Wildman–Crippen MR) is 117 cm³/mol. The standard InChI is InChI=1S/C23H27F3N4O4/c1-32-14-17-13-30(21-27-8-3-9-28-21)15-22(34-17)6-10-29(11-7-22)20(31)16-4-5-19(33-2)18(12-16)23(24,25)26/h3-5,8-9,12,17H,6-7,10-11,13-15H2,1-2H3. The van der Waals surface area contributed by atoms with Gasteiger partial charge < -0.3 is 24.0 Å². The average Bonchev–Trinajstić information content (AvgIpc) is 2.83. The van der Waals surface area contributed by atoms with Crippen LogP contribution in [0.3, 0.4) is 0 Å². The number of nitrogens with zero attached hydrogens (tertiary/aromatic N) is 4. The van der Waals surface area contributed by atoms with Crippen LogP contribution in [0, 0.1) is 0 Å². The number of morpholine rings is 1. The number of likely N-dealkylation sites (tertiary alicyclic amines) is 1. The normalized spacial score (nSPS) is 20.4. The van der Waals surface area contributed by atoms with Crippen LogP contribution >= 0.6 is 0 Å². The molecule has 1 aromatic carbocycles. The monoisotopic (exact) mass is 480 g/mol. The molecule has 1 spiro atoms. The predicted octanol–water partition coefficient (Wildman–Crippen LogP) is 3.03. The summed E-state index contributed by atoms with van der Waals surface area (Å²) in [6.07, 6.45) is -0.388. The Hall–Kier alpha value is -2.92. The molecule has 1 atom stereocenters. The molecule has 2 fully saturated rings. The first-order chi connectivity index (χ1) is 16.2. The van der Waals surface area contributed by atoms with E-state index in [-0.39, 0.29) is 17.4 Å². The van der Waals surface area contributed by atoms with Crippen molar-refractivity contribution in [3.05, 3.63) is 47.8 Å². The quantitative estimate of drug-likeness (QED) is 0.651. The highest BCUT2D eigenvalue weighted by molar-refractivity contribution is 5.94. The van der Waals surface area contributed by atoms with Gasteiger partial charge >= 0.3 is 6.18 Å². The molecule has 2 saturated heterocycles. The molecule has 1 aromatic heterocycles. The van der Waals surface area contributed by atoms with Crippen LogP contribution < -0.4 is 9.64 Å². The minimum absolute atomic E-state index is 0.0230. The highest BCUT2D eigenvalue weighted by atomic mass is 19.4. The number of piperidine rings is 1. The molecular formula is C23H27F3N4O4. The second-order valence-corrected chi connectivity index (χ2v) is 8.51. The number of anilines is 1. The van der Waals surface area contributed by atoms with Gasteiger partial charge in [0.25, 0.3) is 5.91 Å². The van der Waals surface area contributed by atoms with Crippen LogP contribution in [0.5, 0.6) is 5.75 Å². The van der Waals surface area contributed by atoms with Crippen molar-refractivity contribution in [1.29, 1.82) is 0 Å². The molecule has 3 heterocycles. The minimum Gasteiger partial charge on any atom is -0.496 e. The van der Waals surface area contributed by atoms with Crippen LogP contribution in [0.2, 0.25) is 0 Å². The maximum absolute atomic E-state index is 13.4. The molecule has 0 bridgehead atoms. The molecule has 0 N–H and O–H groups in total. The third kappa shape index (κ3) is 5.10. The van der Waals surface area contributed by atoms with Crippen LogP contribution in [0.25, 0.3) is 0 Å². The van der Waals surface area contributed by atoms with Crippen molar-refractivity contribution in [2.24, 2.45) is 0 Å². The van der Waals surface area contributed by atoms with Crippen molar-refractivity contribution >= 4 is 11.9 Å². The third-order valence-corrected chi connectivity index (χ3v) is 6.22. The van der Waals surface area contributed by atoms with E-state index >= 15 is 0 Å². The van der Waals surface area contributed by atoms with Crippen molar-refractivity contribution in [2.45, 2.75) is 30.7 Å². The zero-order valence-electron chi connectivity index (χ0n) is 19.0. The summed E-state index contributed by atoms with van der Waals surface area (Å²) in [5.74, 6) is -0.164. The van der Waals surface area contributed by atoms with Gasteiger partial charge in [0.2, 0.25) is 5.95 Å². The van der Waals surface area contributed by atoms with E-state index in [1.54, 1.807) is 30.5 Å². The number of carbonyl (C=O) groups excluding carboxylic acids is 1. The fourth-order valence-corrected chi connectivity index (χ4v) is 4.60. The zero-order valence-corrected chi connectivity index (χ0v) is 19.0. The van der Waals surface area contributed by atoms with Gasteiger partial charge in [0.05, 0.1) is 37.5 Å². The Balaban J connectivity index is 1.49. The van der Waals surface area contributed by atoms with Crippen LogP contribution in [0.4, 0.5) is 19.1 Å². The van der Waals surface area contributed by atoms with E-state index in [4.69, 9.17) is 14.2 Å². The summed E-state index contributed by atoms with van der Waals surface area (Å²) in [6, 6.07) is 5.14. The van der Waals surface area contributed by atoms with Gasteiger partial charge in [-0.1, -0.05) is 0 Å². The molecule has 1 amide bonds. The largest absolute Gasteiger partial charge is 0.496 e. The lowest BCUT2D eigenvalue weighted by molar-refractivity contribution is -0.145. The van der Waals surface area contributed by atoms with Crippen LogP contribution in [0.1, 0.15) is 28.8 Å². The number of ether oxygens (including phenoxy) is 3. The summed E-state index contributed by atoms with van der Waals surface area (Å²) in [5, 5.41) is 0. The van der Waals surface area contributed by atoms with Crippen LogP contribution in [0.15, 0.2) is 36.7 Å². The molecule has 2 aliphatic rings. The fraction of sp³-hybridized carbons (Fsp3) is 0.522. The Morgan fingerprint density at radius 1 is 1.21 bits per heavy atom. The van der Waals surface area contributed by atoms with E-state index in [1.807, 2.05) is 0 Å². The first-order valence-electron chi connectivity index (χ1n) is 11.0. The van der Waals surface area contributed by atoms with Crippen molar-refractivity contribution in [3.8, 4) is 5.75 Å². The number of halogens is 3. The van der Waals surface area contributed by atoms with Crippen molar-refractivity contribution < 1.29 is 32.2 Å². The highest BCUT2D eigenvalue weighted by Crippen LogP contribution is 2.38. The molecule has 0 saturated carbocycles. The van der Waals surface area contributed by atoms with E-state index in [0.717, 1.165) is 6.07 Å². The average molecular weight is 480 g/mol. The number of amides is 1. The van der Waals surface area contributed by atoms with Crippen molar-refractivity contribution in [2.75, 3.05) is 51.9 Å². The lowest BCUT2D eigenvalue weighted by Gasteiger charge is -2.49. The smallest absolute Gasteiger partial charge is 0.419 e. The number of carbonyl (C=O) groups is 1. The molecule has 11 heteroatoms. The Labute approximate surface area is 195 Å². The van der Waals surface area contributed by atoms with E-state index < -0.39 is 23.2 Å². The summed E-state index contributed by atoms with van der Waals surface area (Å²) >= 11 is 0. The molecule has 0 aliphatic carbocycles. The number of hydrogen-bond acceptors (Lipinski definition) is 7. The SMILES string of the molecule is COCC1CN(c2ncccn2)CC2(CCN(C(=O)c3ccc(OC)c(C(F)(F)F)c3)CC2)O1. The number of methoxy groups -OCH3 is 2. The summed E-state index contributed by atoms with van der Waals surface area (Å²) in [6.45, 7) is 2.25. The Morgan fingerprint density at radius 3 is 2.53 bits per heavy atom. The zero-order chi connectivity index (χ0) is 24.3. The number of benzene rings is 1. The van der Waals surface area contributed by atoms with Gasteiger partial charge in [-0.15, -0.1) is 0 Å². The second kappa shape index (κ2) is 9.75. The number of alkyl halides is 3. The Morgan fingerprint density at radius 2 is 1.91 bits per heavy atom. The molecule has 8 nitrogen and oxygen atoms in total. The maximum atomic E-state index is 13.4. The first-order valence-corrected chi connectivity index (χ1v) is 11.0. The van der Waals surface area contributed by atoms with E-state index in [1.165, 1.54) is 19.2 Å². The van der Waals surface area contributed by atoms with E-state index in [9.17, 15) is 18.0 Å². The number of aromatic nitrogens is 2. The summed E-state index contributed by atoms with van der Waals surface area (Å²) in [7, 11) is 2.78. The fourth-order valence-electron chi connectivity index (χ4n) is 4.60. The molecule has 34 heavy (non-hydrogen) atoms. The summed E-state index contributed by atoms with van der Waals surface area (Å²) in [5.41, 5.74) is -1.52. The van der Waals surface area contributed by atoms with E-state index in [2.05, 4.69) is 14.9 Å². The lowest BCUT2D eigenvalue weighted by atomic mass is 9.88. The topological polar surface area (TPSA) is 77.0 Å². The molecule has 4 rings (SSSR count). The number of hydrogen-bond donors (Lipinski definition) is 0. The van der Waals surface area contributed by atoms with Gasteiger partial charge in [0.15, 0.2) is 0 Å². The van der Waals surface area contributed by atoms with Gasteiger partial charge in [0.1, 0.15) is 5.75 Å². The third-order valence-electron chi connectivity index (χ3n) is 6.22. The van der Waals surface area contributed by atoms with Gasteiger partial charge in [-0.25, -0.2) is 9.97 Å². The van der Waals surface area contributed by atoms with Crippen LogP contribution in [-0.2, 0) is 15.7 Å². The van der Waals surface area contributed by atoms with Gasteiger partial charge in [-0.2, -0.15) is 13.2 Å². The summed E-state index contributed by atoms with van der Waals surface area (Å²) < 4.78 is 56.7. The van der Waals surface area contributed by atoms with Crippen LogP contribution in [-0.4, -0.2) is 79.5 Å². The molecule has 0 radical (unpaired) electrons. The lowest BCUT2D eigenvalue weighted by Crippen LogP contribution is -2.61. The Bertz CT molecular complexity index is 997. The first kappa shape index (κ1) is 24.2. The van der Waals surface area contributed by atoms with Gasteiger partial charge in [-0.05, 0) is 37.1 Å². The van der Waals surface area contributed by atoms with Crippen molar-refractivity contribution in [3.63, 3.8) is 0 Å². The molecule has 2 aromatic rings. The second-order valence-electron chi connectivity index (χ2n) is 8.51. The molecule has 184 valence electrons.